The Morgan fingerprint density at radius 3 is 2.64 bits per heavy atom. The van der Waals surface area contributed by atoms with E-state index in [1.807, 2.05) is 0 Å². The first kappa shape index (κ1) is 19.4. The van der Waals surface area contributed by atoms with E-state index in [9.17, 15) is 23.5 Å². The third-order valence-corrected chi connectivity index (χ3v) is 4.27. The first-order chi connectivity index (χ1) is 11.9. The molecule has 6 nitrogen and oxygen atoms in total. The van der Waals surface area contributed by atoms with Crippen molar-refractivity contribution < 1.29 is 33.0 Å². The molecule has 1 aromatic rings. The number of benzene rings is 1. The lowest BCUT2D eigenvalue weighted by Gasteiger charge is -2.27. The van der Waals surface area contributed by atoms with Gasteiger partial charge in [0.1, 0.15) is 5.75 Å². The largest absolute Gasteiger partial charge is 0.481 e. The molecule has 1 amide bonds. The van der Waals surface area contributed by atoms with Gasteiger partial charge in [-0.3, -0.25) is 9.59 Å². The number of hydrogen-bond donors (Lipinski definition) is 2. The Morgan fingerprint density at radius 1 is 1.36 bits per heavy atom. The summed E-state index contributed by atoms with van der Waals surface area (Å²) in [7, 11) is 0. The summed E-state index contributed by atoms with van der Waals surface area (Å²) in [5.74, 6) is -2.98. The molecule has 0 saturated carbocycles. The highest BCUT2D eigenvalue weighted by Crippen LogP contribution is 2.26. The molecule has 0 aromatic heterocycles. The van der Waals surface area contributed by atoms with E-state index in [1.54, 1.807) is 0 Å². The fourth-order valence-electron chi connectivity index (χ4n) is 2.75. The third-order valence-electron chi connectivity index (χ3n) is 4.04. The van der Waals surface area contributed by atoms with Crippen molar-refractivity contribution in [1.29, 1.82) is 0 Å². The zero-order valence-corrected chi connectivity index (χ0v) is 14.0. The minimum atomic E-state index is -3.10. The Bertz CT molecular complexity index is 623. The zero-order chi connectivity index (χ0) is 18.4. The maximum Gasteiger partial charge on any atom is 0.387 e. The molecule has 1 aliphatic heterocycles. The average Bonchev–Trinajstić information content (AvgIpc) is 2.56. The van der Waals surface area contributed by atoms with E-state index in [0.717, 1.165) is 6.07 Å². The Hall–Kier alpha value is -1.93. The number of ether oxygens (including phenoxy) is 2. The van der Waals surface area contributed by atoms with Crippen LogP contribution in [0.25, 0.3) is 0 Å². The SMILES string of the molecule is O=C(NCC(C(=O)O)C1CCOCC1)c1cc(Cl)ccc1OC(F)F. The van der Waals surface area contributed by atoms with Gasteiger partial charge in [0.25, 0.3) is 5.91 Å². The highest BCUT2D eigenvalue weighted by Gasteiger charge is 2.30. The summed E-state index contributed by atoms with van der Waals surface area (Å²) >= 11 is 5.80. The predicted molar refractivity (Wildman–Crippen MR) is 85.1 cm³/mol. The summed E-state index contributed by atoms with van der Waals surface area (Å²) in [5, 5.41) is 12.0. The van der Waals surface area contributed by atoms with Crippen molar-refractivity contribution >= 4 is 23.5 Å². The van der Waals surface area contributed by atoms with E-state index < -0.39 is 24.4 Å². The van der Waals surface area contributed by atoms with Gasteiger partial charge in [-0.15, -0.1) is 0 Å². The maximum absolute atomic E-state index is 12.5. The standard InChI is InChI=1S/C16H18ClF2NO5/c17-10-1-2-13(25-16(18)19)11(7-10)14(21)20-8-12(15(22)23)9-3-5-24-6-4-9/h1-2,7,9,12,16H,3-6,8H2,(H,20,21)(H,22,23). The molecule has 1 aliphatic rings. The van der Waals surface area contributed by atoms with Crippen LogP contribution in [0.2, 0.25) is 5.02 Å². The zero-order valence-electron chi connectivity index (χ0n) is 13.2. The van der Waals surface area contributed by atoms with Gasteiger partial charge >= 0.3 is 12.6 Å². The number of halogens is 3. The van der Waals surface area contributed by atoms with Crippen molar-refractivity contribution in [1.82, 2.24) is 5.32 Å². The van der Waals surface area contributed by atoms with Crippen LogP contribution in [0.4, 0.5) is 8.78 Å². The Balaban J connectivity index is 2.07. The molecule has 0 radical (unpaired) electrons. The summed E-state index contributed by atoms with van der Waals surface area (Å²) in [6, 6.07) is 3.67. The topological polar surface area (TPSA) is 84.9 Å². The molecule has 138 valence electrons. The van der Waals surface area contributed by atoms with Crippen LogP contribution in [0, 0.1) is 11.8 Å². The minimum Gasteiger partial charge on any atom is -0.481 e. The number of nitrogens with one attached hydrogen (secondary N) is 1. The molecule has 0 aliphatic carbocycles. The van der Waals surface area contributed by atoms with Crippen molar-refractivity contribution in [2.45, 2.75) is 19.5 Å². The van der Waals surface area contributed by atoms with Gasteiger partial charge in [0, 0.05) is 24.8 Å². The molecule has 0 bridgehead atoms. The van der Waals surface area contributed by atoms with Crippen molar-refractivity contribution in [3.8, 4) is 5.75 Å². The summed E-state index contributed by atoms with van der Waals surface area (Å²) in [6.45, 7) is -2.27. The van der Waals surface area contributed by atoms with Crippen LogP contribution in [0.5, 0.6) is 5.75 Å². The molecule has 2 N–H and O–H groups in total. The molecule has 1 fully saturated rings. The van der Waals surface area contributed by atoms with Gasteiger partial charge in [-0.1, -0.05) is 11.6 Å². The van der Waals surface area contributed by atoms with Crippen molar-refractivity contribution in [3.63, 3.8) is 0 Å². The van der Waals surface area contributed by atoms with Gasteiger partial charge in [0.15, 0.2) is 0 Å². The minimum absolute atomic E-state index is 0.123. The molecule has 1 aromatic carbocycles. The van der Waals surface area contributed by atoms with Crippen LogP contribution in [0.15, 0.2) is 18.2 Å². The highest BCUT2D eigenvalue weighted by atomic mass is 35.5. The van der Waals surface area contributed by atoms with Crippen LogP contribution in [-0.4, -0.2) is 43.4 Å². The van der Waals surface area contributed by atoms with Gasteiger partial charge in [-0.2, -0.15) is 8.78 Å². The third kappa shape index (κ3) is 5.54. The second kappa shape index (κ2) is 8.96. The van der Waals surface area contributed by atoms with Gasteiger partial charge in [0.05, 0.1) is 11.5 Å². The van der Waals surface area contributed by atoms with Crippen LogP contribution >= 0.6 is 11.6 Å². The summed E-state index contributed by atoms with van der Waals surface area (Å²) in [4.78, 5) is 23.8. The lowest BCUT2D eigenvalue weighted by atomic mass is 9.86. The Morgan fingerprint density at radius 2 is 2.04 bits per heavy atom. The summed E-state index contributed by atoms with van der Waals surface area (Å²) in [6.07, 6.45) is 1.17. The lowest BCUT2D eigenvalue weighted by Crippen LogP contribution is -2.39. The van der Waals surface area contributed by atoms with E-state index >= 15 is 0 Å². The highest BCUT2D eigenvalue weighted by molar-refractivity contribution is 6.31. The van der Waals surface area contributed by atoms with Crippen molar-refractivity contribution in [2.75, 3.05) is 19.8 Å². The number of carbonyl (C=O) groups excluding carboxylic acids is 1. The second-order valence-corrected chi connectivity index (χ2v) is 6.06. The first-order valence-electron chi connectivity index (χ1n) is 7.71. The Labute approximate surface area is 148 Å². The molecule has 1 saturated heterocycles. The van der Waals surface area contributed by atoms with Crippen molar-refractivity contribution in [2.24, 2.45) is 11.8 Å². The van der Waals surface area contributed by atoms with E-state index in [-0.39, 0.29) is 28.8 Å². The maximum atomic E-state index is 12.5. The molecule has 25 heavy (non-hydrogen) atoms. The van der Waals surface area contributed by atoms with Gasteiger partial charge in [0.2, 0.25) is 0 Å². The van der Waals surface area contributed by atoms with E-state index in [1.165, 1.54) is 12.1 Å². The molecule has 1 heterocycles. The van der Waals surface area contributed by atoms with Gasteiger partial charge < -0.3 is 19.9 Å². The normalized spacial score (nSPS) is 16.5. The number of alkyl halides is 2. The summed E-state index contributed by atoms with van der Waals surface area (Å²) < 4.78 is 34.4. The van der Waals surface area contributed by atoms with Crippen LogP contribution in [0.1, 0.15) is 23.2 Å². The van der Waals surface area contributed by atoms with Crippen LogP contribution in [-0.2, 0) is 9.53 Å². The lowest BCUT2D eigenvalue weighted by molar-refractivity contribution is -0.144. The fourth-order valence-corrected chi connectivity index (χ4v) is 2.92. The van der Waals surface area contributed by atoms with Crippen molar-refractivity contribution in [3.05, 3.63) is 28.8 Å². The average molecular weight is 378 g/mol. The predicted octanol–water partition coefficient (Wildman–Crippen LogP) is 2.80. The molecular weight excluding hydrogens is 360 g/mol. The van der Waals surface area contributed by atoms with E-state index in [2.05, 4.69) is 10.1 Å². The first-order valence-corrected chi connectivity index (χ1v) is 8.09. The van der Waals surface area contributed by atoms with E-state index in [0.29, 0.717) is 26.1 Å². The molecule has 1 unspecified atom stereocenters. The molecular formula is C16H18ClF2NO5. The smallest absolute Gasteiger partial charge is 0.387 e. The quantitative estimate of drug-likeness (QED) is 0.763. The number of aliphatic carboxylic acids is 1. The fraction of sp³-hybridized carbons (Fsp3) is 0.500. The van der Waals surface area contributed by atoms with Gasteiger partial charge in [-0.05, 0) is 37.0 Å². The molecule has 9 heteroatoms. The van der Waals surface area contributed by atoms with E-state index in [4.69, 9.17) is 16.3 Å². The number of amides is 1. The second-order valence-electron chi connectivity index (χ2n) is 5.62. The van der Waals surface area contributed by atoms with Crippen LogP contribution < -0.4 is 10.1 Å². The number of hydrogen-bond acceptors (Lipinski definition) is 4. The van der Waals surface area contributed by atoms with Gasteiger partial charge in [-0.25, -0.2) is 0 Å². The van der Waals surface area contributed by atoms with Crippen LogP contribution in [0.3, 0.4) is 0 Å². The molecule has 1 atom stereocenters. The number of carboxylic acid groups (broad SMARTS) is 1. The monoisotopic (exact) mass is 377 g/mol. The molecule has 0 spiro atoms. The number of rotatable bonds is 7. The Kier molecular flexibility index (Phi) is 6.95. The number of carbonyl (C=O) groups is 2. The summed E-state index contributed by atoms with van der Waals surface area (Å²) in [5.41, 5.74) is -0.177. The molecule has 2 rings (SSSR count). The number of carboxylic acids is 1.